The number of amides is 1. The molecule has 156 valence electrons. The Hall–Kier alpha value is -4.45. The van der Waals surface area contributed by atoms with Gasteiger partial charge in [0.05, 0.1) is 11.4 Å². The van der Waals surface area contributed by atoms with Crippen LogP contribution in [0.2, 0.25) is 0 Å². The lowest BCUT2D eigenvalue weighted by Crippen LogP contribution is -2.27. The lowest BCUT2D eigenvalue weighted by Gasteiger charge is -2.06. The van der Waals surface area contributed by atoms with Gasteiger partial charge >= 0.3 is 5.63 Å². The maximum Gasteiger partial charge on any atom is 0.349 e. The topological polar surface area (TPSA) is 77.1 Å². The summed E-state index contributed by atoms with van der Waals surface area (Å²) >= 11 is 0. The molecule has 32 heavy (non-hydrogen) atoms. The van der Waals surface area contributed by atoms with Crippen LogP contribution in [0.25, 0.3) is 27.9 Å². The van der Waals surface area contributed by atoms with Crippen molar-refractivity contribution < 1.29 is 9.21 Å². The Labute approximate surface area is 183 Å². The number of carbonyl (C=O) groups is 1. The zero-order chi connectivity index (χ0) is 21.9. The average molecular weight is 421 g/mol. The molecule has 0 saturated heterocycles. The molecule has 0 aliphatic heterocycles. The first-order valence-electron chi connectivity index (χ1n) is 10.2. The second-order valence-electron chi connectivity index (χ2n) is 7.32. The van der Waals surface area contributed by atoms with E-state index in [4.69, 9.17) is 9.52 Å². The zero-order valence-electron chi connectivity index (χ0n) is 17.1. The van der Waals surface area contributed by atoms with Gasteiger partial charge in [0.2, 0.25) is 0 Å². The molecule has 1 N–H and O–H groups in total. The molecular formula is C26H19N3O3. The van der Waals surface area contributed by atoms with Gasteiger partial charge in [0.15, 0.2) is 0 Å². The van der Waals surface area contributed by atoms with Gasteiger partial charge in [-0.3, -0.25) is 4.79 Å². The van der Waals surface area contributed by atoms with Crippen LogP contribution in [-0.2, 0) is 6.54 Å². The number of fused-ring (bicyclic) bond motifs is 1. The summed E-state index contributed by atoms with van der Waals surface area (Å²) in [7, 11) is 0. The Morgan fingerprint density at radius 2 is 1.59 bits per heavy atom. The Morgan fingerprint density at radius 3 is 2.38 bits per heavy atom. The number of carbonyl (C=O) groups excluding carboxylic acids is 1. The van der Waals surface area contributed by atoms with Crippen LogP contribution in [0.15, 0.2) is 106 Å². The molecule has 0 aliphatic rings. The third-order valence-corrected chi connectivity index (χ3v) is 5.18. The number of benzene rings is 3. The molecular weight excluding hydrogens is 402 g/mol. The van der Waals surface area contributed by atoms with Crippen molar-refractivity contribution in [2.24, 2.45) is 0 Å². The summed E-state index contributed by atoms with van der Waals surface area (Å²) in [6, 6.07) is 28.2. The molecule has 0 aliphatic carbocycles. The van der Waals surface area contributed by atoms with Crippen molar-refractivity contribution >= 4 is 16.9 Å². The molecule has 0 atom stereocenters. The highest BCUT2D eigenvalue weighted by atomic mass is 16.4. The summed E-state index contributed by atoms with van der Waals surface area (Å²) in [5.74, 6) is -0.490. The lowest BCUT2D eigenvalue weighted by atomic mass is 10.1. The molecule has 5 rings (SSSR count). The van der Waals surface area contributed by atoms with Crippen molar-refractivity contribution in [1.29, 1.82) is 0 Å². The fourth-order valence-electron chi connectivity index (χ4n) is 3.58. The Kier molecular flexibility index (Phi) is 5.09. The normalized spacial score (nSPS) is 10.9. The summed E-state index contributed by atoms with van der Waals surface area (Å²) in [4.78, 5) is 25.1. The number of para-hydroxylation sites is 2. The van der Waals surface area contributed by atoms with Crippen molar-refractivity contribution in [1.82, 2.24) is 15.1 Å². The maximum absolute atomic E-state index is 12.8. The molecule has 0 fully saturated rings. The SMILES string of the molecule is O=C(NCc1cn(-c2ccccc2)nc1-c1ccccc1)c1cc2ccccc2oc1=O. The summed E-state index contributed by atoms with van der Waals surface area (Å²) < 4.78 is 7.07. The van der Waals surface area contributed by atoms with Gasteiger partial charge in [0.1, 0.15) is 11.1 Å². The molecule has 0 spiro atoms. The number of hydrogen-bond donors (Lipinski definition) is 1. The van der Waals surface area contributed by atoms with E-state index in [-0.39, 0.29) is 12.1 Å². The molecule has 5 aromatic rings. The molecule has 6 nitrogen and oxygen atoms in total. The fraction of sp³-hybridized carbons (Fsp3) is 0.0385. The molecule has 6 heteroatoms. The van der Waals surface area contributed by atoms with E-state index in [1.807, 2.05) is 72.9 Å². The van der Waals surface area contributed by atoms with E-state index in [0.29, 0.717) is 11.0 Å². The summed E-state index contributed by atoms with van der Waals surface area (Å²) in [6.07, 6.45) is 1.89. The van der Waals surface area contributed by atoms with Crippen molar-refractivity contribution in [3.63, 3.8) is 0 Å². The highest BCUT2D eigenvalue weighted by Gasteiger charge is 2.16. The van der Waals surface area contributed by atoms with Gasteiger partial charge < -0.3 is 9.73 Å². The van der Waals surface area contributed by atoms with Gasteiger partial charge in [0, 0.05) is 29.3 Å². The van der Waals surface area contributed by atoms with Crippen LogP contribution in [0.4, 0.5) is 0 Å². The van der Waals surface area contributed by atoms with Gasteiger partial charge in [-0.1, -0.05) is 66.7 Å². The lowest BCUT2D eigenvalue weighted by molar-refractivity contribution is 0.0947. The maximum atomic E-state index is 12.8. The van der Waals surface area contributed by atoms with Crippen LogP contribution in [0.1, 0.15) is 15.9 Å². The minimum Gasteiger partial charge on any atom is -0.422 e. The van der Waals surface area contributed by atoms with Crippen LogP contribution in [0.3, 0.4) is 0 Å². The molecule has 3 aromatic carbocycles. The first-order chi connectivity index (χ1) is 15.7. The van der Waals surface area contributed by atoms with Crippen LogP contribution in [0.5, 0.6) is 0 Å². The molecule has 0 bridgehead atoms. The van der Waals surface area contributed by atoms with E-state index < -0.39 is 11.5 Å². The highest BCUT2D eigenvalue weighted by molar-refractivity contribution is 5.96. The predicted octanol–water partition coefficient (Wildman–Crippen LogP) is 4.58. The first-order valence-corrected chi connectivity index (χ1v) is 10.2. The minimum absolute atomic E-state index is 0.0274. The van der Waals surface area contributed by atoms with Crippen molar-refractivity contribution in [2.45, 2.75) is 6.54 Å². The average Bonchev–Trinajstić information content (AvgIpc) is 3.27. The van der Waals surface area contributed by atoms with Crippen LogP contribution in [0, 0.1) is 0 Å². The van der Waals surface area contributed by atoms with E-state index in [0.717, 1.165) is 22.5 Å². The minimum atomic E-state index is -0.663. The predicted molar refractivity (Wildman–Crippen MR) is 123 cm³/mol. The zero-order valence-corrected chi connectivity index (χ0v) is 17.1. The largest absolute Gasteiger partial charge is 0.422 e. The molecule has 0 saturated carbocycles. The quantitative estimate of drug-likeness (QED) is 0.422. The standard InChI is InChI=1S/C26H19N3O3/c30-25(22-15-19-11-7-8-14-23(19)32-26(22)31)27-16-20-17-29(21-12-5-2-6-13-21)28-24(20)18-9-3-1-4-10-18/h1-15,17H,16H2,(H,27,30). The van der Waals surface area contributed by atoms with Gasteiger partial charge in [0.25, 0.3) is 5.91 Å². The number of aromatic nitrogens is 2. The Bertz CT molecular complexity index is 1450. The highest BCUT2D eigenvalue weighted by Crippen LogP contribution is 2.23. The third-order valence-electron chi connectivity index (χ3n) is 5.18. The van der Waals surface area contributed by atoms with E-state index in [9.17, 15) is 9.59 Å². The van der Waals surface area contributed by atoms with E-state index in [1.54, 1.807) is 28.9 Å². The fourth-order valence-corrected chi connectivity index (χ4v) is 3.58. The third kappa shape index (κ3) is 3.81. The summed E-state index contributed by atoms with van der Waals surface area (Å²) in [6.45, 7) is 0.210. The van der Waals surface area contributed by atoms with Crippen LogP contribution < -0.4 is 10.9 Å². The van der Waals surface area contributed by atoms with E-state index in [2.05, 4.69) is 5.32 Å². The second-order valence-corrected chi connectivity index (χ2v) is 7.32. The molecule has 0 radical (unpaired) electrons. The monoisotopic (exact) mass is 421 g/mol. The Morgan fingerprint density at radius 1 is 0.906 bits per heavy atom. The molecule has 2 heterocycles. The van der Waals surface area contributed by atoms with Crippen molar-refractivity contribution in [3.8, 4) is 16.9 Å². The second kappa shape index (κ2) is 8.35. The molecule has 0 unspecified atom stereocenters. The Balaban J connectivity index is 1.46. The van der Waals surface area contributed by atoms with Crippen molar-refractivity contribution in [2.75, 3.05) is 0 Å². The van der Waals surface area contributed by atoms with Gasteiger partial charge in [-0.05, 0) is 24.3 Å². The number of nitrogens with zero attached hydrogens (tertiary/aromatic N) is 2. The van der Waals surface area contributed by atoms with Crippen molar-refractivity contribution in [3.05, 3.63) is 119 Å². The molecule has 1 amide bonds. The molecule has 2 aromatic heterocycles. The summed E-state index contributed by atoms with van der Waals surface area (Å²) in [5, 5.41) is 8.28. The smallest absolute Gasteiger partial charge is 0.349 e. The first kappa shape index (κ1) is 19.5. The van der Waals surface area contributed by atoms with Gasteiger partial charge in [-0.2, -0.15) is 5.10 Å². The van der Waals surface area contributed by atoms with Crippen LogP contribution in [-0.4, -0.2) is 15.7 Å². The number of nitrogens with one attached hydrogen (secondary N) is 1. The van der Waals surface area contributed by atoms with Gasteiger partial charge in [-0.25, -0.2) is 9.48 Å². The van der Waals surface area contributed by atoms with Crippen LogP contribution >= 0.6 is 0 Å². The number of hydrogen-bond acceptors (Lipinski definition) is 4. The van der Waals surface area contributed by atoms with Gasteiger partial charge in [-0.15, -0.1) is 0 Å². The van der Waals surface area contributed by atoms with E-state index in [1.165, 1.54) is 0 Å². The van der Waals surface area contributed by atoms with E-state index >= 15 is 0 Å². The summed E-state index contributed by atoms with van der Waals surface area (Å²) in [5.41, 5.74) is 3.21. The number of rotatable bonds is 5.